The number of carbonyl (C=O) groups excluding carboxylic acids is 1. The maximum absolute atomic E-state index is 11.5. The predicted molar refractivity (Wildman–Crippen MR) is 96.6 cm³/mol. The Bertz CT molecular complexity index is 586. The van der Waals surface area contributed by atoms with Crippen LogP contribution >= 0.6 is 0 Å². The number of piperidine rings is 1. The van der Waals surface area contributed by atoms with E-state index in [-0.39, 0.29) is 11.8 Å². The fourth-order valence-electron chi connectivity index (χ4n) is 3.71. The zero-order valence-electron chi connectivity index (χ0n) is 14.3. The van der Waals surface area contributed by atoms with Gasteiger partial charge >= 0.3 is 0 Å². The number of hydrogen-bond acceptors (Lipinski definition) is 4. The van der Waals surface area contributed by atoms with Crippen LogP contribution in [-0.2, 0) is 11.3 Å². The van der Waals surface area contributed by atoms with Crippen molar-refractivity contribution in [2.24, 2.45) is 17.6 Å². The van der Waals surface area contributed by atoms with Crippen LogP contribution < -0.4 is 16.0 Å². The summed E-state index contributed by atoms with van der Waals surface area (Å²) in [5.41, 5.74) is 6.71. The highest BCUT2D eigenvalue weighted by molar-refractivity contribution is 5.77. The lowest BCUT2D eigenvalue weighted by molar-refractivity contribution is -0.122. The van der Waals surface area contributed by atoms with Crippen LogP contribution in [0.1, 0.15) is 37.7 Å². The quantitative estimate of drug-likeness (QED) is 0.786. The molecular formula is C19H28N4O. The van der Waals surface area contributed by atoms with Crippen LogP contribution in [0.5, 0.6) is 0 Å². The predicted octanol–water partition coefficient (Wildman–Crippen LogP) is 2.23. The van der Waals surface area contributed by atoms with Gasteiger partial charge in [0.2, 0.25) is 5.91 Å². The molecule has 2 heterocycles. The Kier molecular flexibility index (Phi) is 5.86. The van der Waals surface area contributed by atoms with Gasteiger partial charge in [-0.15, -0.1) is 0 Å². The van der Waals surface area contributed by atoms with E-state index in [0.29, 0.717) is 6.54 Å². The summed E-state index contributed by atoms with van der Waals surface area (Å²) < 4.78 is 0. The fourth-order valence-corrected chi connectivity index (χ4v) is 3.71. The number of anilines is 1. The average Bonchev–Trinajstić information content (AvgIpc) is 2.63. The van der Waals surface area contributed by atoms with Gasteiger partial charge in [-0.2, -0.15) is 0 Å². The molecule has 2 atom stereocenters. The average molecular weight is 328 g/mol. The molecule has 3 rings (SSSR count). The normalized spacial score (nSPS) is 24.1. The molecule has 1 aromatic rings. The van der Waals surface area contributed by atoms with Crippen molar-refractivity contribution < 1.29 is 4.79 Å². The Morgan fingerprint density at radius 2 is 2.29 bits per heavy atom. The Balaban J connectivity index is 1.60. The second kappa shape index (κ2) is 8.29. The minimum atomic E-state index is -0.194. The lowest BCUT2D eigenvalue weighted by Crippen LogP contribution is -2.42. The van der Waals surface area contributed by atoms with E-state index in [1.165, 1.54) is 24.8 Å². The van der Waals surface area contributed by atoms with Gasteiger partial charge in [-0.3, -0.25) is 4.79 Å². The van der Waals surface area contributed by atoms with Crippen LogP contribution in [0.3, 0.4) is 0 Å². The largest absolute Gasteiger partial charge is 0.369 e. The van der Waals surface area contributed by atoms with Crippen LogP contribution in [0, 0.1) is 11.8 Å². The van der Waals surface area contributed by atoms with Crippen molar-refractivity contribution in [3.63, 3.8) is 0 Å². The molecule has 0 spiro atoms. The molecule has 3 N–H and O–H groups in total. The number of allylic oxidation sites excluding steroid dienone is 2. The van der Waals surface area contributed by atoms with Crippen molar-refractivity contribution in [1.82, 2.24) is 10.3 Å². The van der Waals surface area contributed by atoms with Gasteiger partial charge in [0, 0.05) is 31.4 Å². The van der Waals surface area contributed by atoms with Crippen LogP contribution in [-0.4, -0.2) is 30.5 Å². The number of nitrogens with two attached hydrogens (primary N) is 1. The molecule has 1 amide bonds. The topological polar surface area (TPSA) is 71.2 Å². The summed E-state index contributed by atoms with van der Waals surface area (Å²) >= 11 is 0. The molecule has 1 aliphatic heterocycles. The molecule has 130 valence electrons. The van der Waals surface area contributed by atoms with Crippen LogP contribution in [0.25, 0.3) is 0 Å². The van der Waals surface area contributed by atoms with E-state index in [1.54, 1.807) is 0 Å². The molecule has 2 aliphatic rings. The minimum absolute atomic E-state index is 0.0596. The van der Waals surface area contributed by atoms with E-state index in [2.05, 4.69) is 33.4 Å². The standard InChI is InChI=1S/C19H28N4O/c20-18(24)17-9-5-11-23(14-17)19-16(8-4-10-22-19)13-21-12-15-6-2-1-3-7-15/h1-2,4,8,10,15,17,21H,3,5-7,9,11-14H2,(H2,20,24)/t15-,17+/m1/s1. The van der Waals surface area contributed by atoms with Crippen molar-refractivity contribution in [3.05, 3.63) is 36.0 Å². The summed E-state index contributed by atoms with van der Waals surface area (Å²) in [5, 5.41) is 3.59. The van der Waals surface area contributed by atoms with E-state index >= 15 is 0 Å². The van der Waals surface area contributed by atoms with Gasteiger partial charge in [-0.1, -0.05) is 18.2 Å². The van der Waals surface area contributed by atoms with Crippen molar-refractivity contribution in [2.75, 3.05) is 24.5 Å². The van der Waals surface area contributed by atoms with E-state index in [0.717, 1.165) is 44.2 Å². The van der Waals surface area contributed by atoms with Gasteiger partial charge in [-0.25, -0.2) is 4.98 Å². The van der Waals surface area contributed by atoms with Crippen molar-refractivity contribution in [3.8, 4) is 0 Å². The highest BCUT2D eigenvalue weighted by atomic mass is 16.1. The number of nitrogens with one attached hydrogen (secondary N) is 1. The molecule has 0 aromatic carbocycles. The van der Waals surface area contributed by atoms with Gasteiger partial charge < -0.3 is 16.0 Å². The van der Waals surface area contributed by atoms with E-state index in [4.69, 9.17) is 5.73 Å². The Hall–Kier alpha value is -1.88. The first-order valence-electron chi connectivity index (χ1n) is 9.08. The second-order valence-electron chi connectivity index (χ2n) is 6.96. The third-order valence-electron chi connectivity index (χ3n) is 5.12. The Labute approximate surface area is 144 Å². The first-order chi connectivity index (χ1) is 11.7. The van der Waals surface area contributed by atoms with Gasteiger partial charge in [0.05, 0.1) is 5.92 Å². The van der Waals surface area contributed by atoms with E-state index in [1.807, 2.05) is 12.3 Å². The Morgan fingerprint density at radius 1 is 1.38 bits per heavy atom. The molecule has 24 heavy (non-hydrogen) atoms. The summed E-state index contributed by atoms with van der Waals surface area (Å²) in [4.78, 5) is 18.3. The summed E-state index contributed by atoms with van der Waals surface area (Å²) in [6.45, 7) is 3.50. The molecule has 1 aromatic heterocycles. The number of hydrogen-bond donors (Lipinski definition) is 2. The van der Waals surface area contributed by atoms with Gasteiger partial charge in [0.1, 0.15) is 5.82 Å². The van der Waals surface area contributed by atoms with Crippen LogP contribution in [0.2, 0.25) is 0 Å². The SMILES string of the molecule is NC(=O)[C@H]1CCCN(c2ncccc2CNC[C@@H]2CC=CCC2)C1. The fraction of sp³-hybridized carbons (Fsp3) is 0.579. The molecule has 1 aliphatic carbocycles. The van der Waals surface area contributed by atoms with Crippen LogP contribution in [0.15, 0.2) is 30.5 Å². The maximum Gasteiger partial charge on any atom is 0.222 e. The summed E-state index contributed by atoms with van der Waals surface area (Å²) in [7, 11) is 0. The highest BCUT2D eigenvalue weighted by Gasteiger charge is 2.25. The molecule has 0 bridgehead atoms. The zero-order valence-corrected chi connectivity index (χ0v) is 14.3. The number of amides is 1. The molecular weight excluding hydrogens is 300 g/mol. The number of pyridine rings is 1. The lowest BCUT2D eigenvalue weighted by Gasteiger charge is -2.33. The number of nitrogens with zero attached hydrogens (tertiary/aromatic N) is 2. The smallest absolute Gasteiger partial charge is 0.222 e. The number of primary amides is 1. The third-order valence-corrected chi connectivity index (χ3v) is 5.12. The van der Waals surface area contributed by atoms with Crippen molar-refractivity contribution in [2.45, 2.75) is 38.6 Å². The molecule has 5 nitrogen and oxygen atoms in total. The summed E-state index contributed by atoms with van der Waals surface area (Å²) in [5.74, 6) is 1.49. The molecule has 5 heteroatoms. The summed E-state index contributed by atoms with van der Waals surface area (Å²) in [6.07, 6.45) is 11.9. The molecule has 0 saturated carbocycles. The van der Waals surface area contributed by atoms with Gasteiger partial charge in [0.15, 0.2) is 0 Å². The lowest BCUT2D eigenvalue weighted by atomic mass is 9.94. The maximum atomic E-state index is 11.5. The van der Waals surface area contributed by atoms with Crippen LogP contribution in [0.4, 0.5) is 5.82 Å². The third kappa shape index (κ3) is 4.35. The van der Waals surface area contributed by atoms with Gasteiger partial charge in [-0.05, 0) is 50.6 Å². The molecule has 0 unspecified atom stereocenters. The number of rotatable bonds is 6. The highest BCUT2D eigenvalue weighted by Crippen LogP contribution is 2.24. The molecule has 1 fully saturated rings. The van der Waals surface area contributed by atoms with Gasteiger partial charge in [0.25, 0.3) is 0 Å². The zero-order chi connectivity index (χ0) is 16.8. The molecule has 0 radical (unpaired) electrons. The second-order valence-corrected chi connectivity index (χ2v) is 6.96. The molecule has 1 saturated heterocycles. The summed E-state index contributed by atoms with van der Waals surface area (Å²) in [6, 6.07) is 4.11. The monoisotopic (exact) mass is 328 g/mol. The first-order valence-corrected chi connectivity index (χ1v) is 9.08. The Morgan fingerprint density at radius 3 is 3.08 bits per heavy atom. The van der Waals surface area contributed by atoms with E-state index in [9.17, 15) is 4.79 Å². The number of carbonyl (C=O) groups is 1. The van der Waals surface area contributed by atoms with Crippen molar-refractivity contribution in [1.29, 1.82) is 0 Å². The minimum Gasteiger partial charge on any atom is -0.369 e. The van der Waals surface area contributed by atoms with Crippen molar-refractivity contribution >= 4 is 11.7 Å². The first kappa shape index (κ1) is 17.0. The number of aromatic nitrogens is 1. The van der Waals surface area contributed by atoms with E-state index < -0.39 is 0 Å².